The summed E-state index contributed by atoms with van der Waals surface area (Å²) in [6.07, 6.45) is 10.4. The first-order chi connectivity index (χ1) is 10.7. The van der Waals surface area contributed by atoms with Gasteiger partial charge in [-0.15, -0.1) is 11.3 Å². The van der Waals surface area contributed by atoms with Crippen molar-refractivity contribution in [3.05, 3.63) is 16.1 Å². The smallest absolute Gasteiger partial charge is 0.194 e. The summed E-state index contributed by atoms with van der Waals surface area (Å²) < 4.78 is 0. The first-order valence-corrected chi connectivity index (χ1v) is 9.47. The van der Waals surface area contributed by atoms with E-state index in [9.17, 15) is 0 Å². The van der Waals surface area contributed by atoms with Crippen molar-refractivity contribution < 1.29 is 0 Å². The highest BCUT2D eigenvalue weighted by atomic mass is 32.1. The van der Waals surface area contributed by atoms with Crippen molar-refractivity contribution in [2.75, 3.05) is 19.6 Å². The van der Waals surface area contributed by atoms with E-state index >= 15 is 0 Å². The molecule has 1 spiro atoms. The molecule has 4 nitrogen and oxygen atoms in total. The van der Waals surface area contributed by atoms with Crippen LogP contribution in [0.5, 0.6) is 0 Å². The Kier molecular flexibility index (Phi) is 5.01. The zero-order chi connectivity index (χ0) is 15.4. The fourth-order valence-electron chi connectivity index (χ4n) is 3.88. The molecule has 5 heteroatoms. The van der Waals surface area contributed by atoms with E-state index in [-0.39, 0.29) is 0 Å². The number of thiazole rings is 1. The fraction of sp³-hybridized carbons (Fsp3) is 0.765. The van der Waals surface area contributed by atoms with Gasteiger partial charge in [-0.1, -0.05) is 19.3 Å². The molecule has 0 radical (unpaired) electrons. The third-order valence-corrected chi connectivity index (χ3v) is 5.94. The van der Waals surface area contributed by atoms with Gasteiger partial charge in [0.25, 0.3) is 0 Å². The summed E-state index contributed by atoms with van der Waals surface area (Å²) in [5.41, 5.74) is 0.579. The van der Waals surface area contributed by atoms with Gasteiger partial charge in [-0.05, 0) is 38.5 Å². The summed E-state index contributed by atoms with van der Waals surface area (Å²) in [6.45, 7) is 8.24. The molecular formula is C17H28N4S. The van der Waals surface area contributed by atoms with Gasteiger partial charge in [-0.2, -0.15) is 0 Å². The maximum absolute atomic E-state index is 4.86. The first kappa shape index (κ1) is 15.8. The SMILES string of the molecule is CCNC(=NCc1cnc(C)s1)N1CCC2(CCCCC2)C1. The van der Waals surface area contributed by atoms with E-state index in [0.29, 0.717) is 5.41 Å². The van der Waals surface area contributed by atoms with Crippen LogP contribution in [0.15, 0.2) is 11.2 Å². The van der Waals surface area contributed by atoms with Gasteiger partial charge < -0.3 is 10.2 Å². The van der Waals surface area contributed by atoms with Crippen LogP contribution in [0.4, 0.5) is 0 Å². The van der Waals surface area contributed by atoms with Crippen LogP contribution in [-0.2, 0) is 6.54 Å². The molecule has 2 heterocycles. The number of aryl methyl sites for hydroxylation is 1. The predicted octanol–water partition coefficient (Wildman–Crippen LogP) is 3.57. The summed E-state index contributed by atoms with van der Waals surface area (Å²) >= 11 is 1.75. The summed E-state index contributed by atoms with van der Waals surface area (Å²) in [5, 5.41) is 4.61. The number of aliphatic imine (C=N–C) groups is 1. The number of nitrogens with one attached hydrogen (secondary N) is 1. The minimum atomic E-state index is 0.579. The van der Waals surface area contributed by atoms with Crippen molar-refractivity contribution in [1.29, 1.82) is 0 Å². The Balaban J connectivity index is 1.65. The first-order valence-electron chi connectivity index (χ1n) is 8.65. The van der Waals surface area contributed by atoms with Crippen LogP contribution in [-0.4, -0.2) is 35.5 Å². The lowest BCUT2D eigenvalue weighted by atomic mass is 9.73. The van der Waals surface area contributed by atoms with E-state index in [1.165, 1.54) is 49.9 Å². The molecule has 0 atom stereocenters. The number of aromatic nitrogens is 1. The Morgan fingerprint density at radius 1 is 1.36 bits per heavy atom. The molecule has 0 bridgehead atoms. The van der Waals surface area contributed by atoms with Crippen LogP contribution in [0.3, 0.4) is 0 Å². The predicted molar refractivity (Wildman–Crippen MR) is 93.4 cm³/mol. The normalized spacial score (nSPS) is 21.5. The zero-order valence-electron chi connectivity index (χ0n) is 13.9. The van der Waals surface area contributed by atoms with Gasteiger partial charge in [0, 0.05) is 30.7 Å². The second-order valence-electron chi connectivity index (χ2n) is 6.75. The molecule has 1 aliphatic heterocycles. The van der Waals surface area contributed by atoms with E-state index in [1.54, 1.807) is 11.3 Å². The molecule has 0 amide bonds. The van der Waals surface area contributed by atoms with E-state index in [2.05, 4.69) is 29.0 Å². The summed E-state index contributed by atoms with van der Waals surface area (Å²) in [5.74, 6) is 1.09. The fourth-order valence-corrected chi connectivity index (χ4v) is 4.60. The van der Waals surface area contributed by atoms with E-state index in [1.807, 2.05) is 6.20 Å². The average molecular weight is 321 g/mol. The van der Waals surface area contributed by atoms with Crippen molar-refractivity contribution in [3.63, 3.8) is 0 Å². The standard InChI is InChI=1S/C17H28N4S/c1-3-18-16(20-12-15-11-19-14(2)22-15)21-10-9-17(13-21)7-5-4-6-8-17/h11H,3-10,12-13H2,1-2H3,(H,18,20). The zero-order valence-corrected chi connectivity index (χ0v) is 14.7. The van der Waals surface area contributed by atoms with Gasteiger partial charge in [-0.3, -0.25) is 0 Å². The molecule has 3 rings (SSSR count). The van der Waals surface area contributed by atoms with Crippen molar-refractivity contribution in [2.24, 2.45) is 10.4 Å². The van der Waals surface area contributed by atoms with Crippen molar-refractivity contribution >= 4 is 17.3 Å². The molecular weight excluding hydrogens is 292 g/mol. The summed E-state index contributed by atoms with van der Waals surface area (Å²) in [7, 11) is 0. The number of hydrogen-bond donors (Lipinski definition) is 1. The maximum atomic E-state index is 4.86. The van der Waals surface area contributed by atoms with Crippen LogP contribution in [0.25, 0.3) is 0 Å². The highest BCUT2D eigenvalue weighted by Gasteiger charge is 2.39. The lowest BCUT2D eigenvalue weighted by Crippen LogP contribution is -2.41. The van der Waals surface area contributed by atoms with Crippen molar-refractivity contribution in [2.45, 2.75) is 58.9 Å². The monoisotopic (exact) mass is 320 g/mol. The Labute approximate surface area is 138 Å². The molecule has 1 saturated carbocycles. The molecule has 22 heavy (non-hydrogen) atoms. The Morgan fingerprint density at radius 2 is 2.18 bits per heavy atom. The van der Waals surface area contributed by atoms with Gasteiger partial charge >= 0.3 is 0 Å². The Hall–Kier alpha value is -1.10. The molecule has 1 aromatic rings. The second-order valence-corrected chi connectivity index (χ2v) is 8.07. The van der Waals surface area contributed by atoms with Gasteiger partial charge in [-0.25, -0.2) is 9.98 Å². The van der Waals surface area contributed by atoms with Gasteiger partial charge in [0.2, 0.25) is 0 Å². The minimum absolute atomic E-state index is 0.579. The lowest BCUT2D eigenvalue weighted by molar-refractivity contribution is 0.203. The molecule has 0 aromatic carbocycles. The highest BCUT2D eigenvalue weighted by Crippen LogP contribution is 2.43. The molecule has 1 aromatic heterocycles. The third kappa shape index (κ3) is 3.62. The Morgan fingerprint density at radius 3 is 2.86 bits per heavy atom. The van der Waals surface area contributed by atoms with E-state index in [0.717, 1.165) is 30.6 Å². The van der Waals surface area contributed by atoms with Crippen molar-refractivity contribution in [3.8, 4) is 0 Å². The largest absolute Gasteiger partial charge is 0.357 e. The van der Waals surface area contributed by atoms with Crippen molar-refractivity contribution in [1.82, 2.24) is 15.2 Å². The third-order valence-electron chi connectivity index (χ3n) is 5.04. The molecule has 1 aliphatic carbocycles. The molecule has 122 valence electrons. The molecule has 2 fully saturated rings. The molecule has 0 unspecified atom stereocenters. The summed E-state index contributed by atoms with van der Waals surface area (Å²) in [4.78, 5) is 12.9. The van der Waals surface area contributed by atoms with Crippen LogP contribution in [0.1, 0.15) is 55.3 Å². The van der Waals surface area contributed by atoms with Crippen LogP contribution < -0.4 is 5.32 Å². The number of rotatable bonds is 3. The van der Waals surface area contributed by atoms with Gasteiger partial charge in [0.1, 0.15) is 0 Å². The summed E-state index contributed by atoms with van der Waals surface area (Å²) in [6, 6.07) is 0. The molecule has 1 N–H and O–H groups in total. The highest BCUT2D eigenvalue weighted by molar-refractivity contribution is 7.11. The molecule has 2 aliphatic rings. The topological polar surface area (TPSA) is 40.5 Å². The number of hydrogen-bond acceptors (Lipinski definition) is 3. The second kappa shape index (κ2) is 6.99. The minimum Gasteiger partial charge on any atom is -0.357 e. The number of nitrogens with zero attached hydrogens (tertiary/aromatic N) is 3. The molecule has 1 saturated heterocycles. The average Bonchev–Trinajstić information content (AvgIpc) is 3.11. The quantitative estimate of drug-likeness (QED) is 0.683. The number of guanidine groups is 1. The number of likely N-dealkylation sites (tertiary alicyclic amines) is 1. The van der Waals surface area contributed by atoms with Crippen LogP contribution in [0.2, 0.25) is 0 Å². The van der Waals surface area contributed by atoms with Crippen LogP contribution in [0, 0.1) is 12.3 Å². The lowest BCUT2D eigenvalue weighted by Gasteiger charge is -2.33. The Bertz CT molecular complexity index is 516. The maximum Gasteiger partial charge on any atom is 0.194 e. The van der Waals surface area contributed by atoms with E-state index in [4.69, 9.17) is 4.99 Å². The van der Waals surface area contributed by atoms with Gasteiger partial charge in [0.05, 0.1) is 11.6 Å². The van der Waals surface area contributed by atoms with E-state index < -0.39 is 0 Å². The van der Waals surface area contributed by atoms with Crippen LogP contribution >= 0.6 is 11.3 Å². The van der Waals surface area contributed by atoms with Gasteiger partial charge in [0.15, 0.2) is 5.96 Å².